The number of fused-ring (bicyclic) bond motifs is 1. The van der Waals surface area contributed by atoms with Gasteiger partial charge < -0.3 is 4.90 Å². The van der Waals surface area contributed by atoms with E-state index in [1.54, 1.807) is 0 Å². The molecule has 2 aromatic rings. The number of halogens is 2. The summed E-state index contributed by atoms with van der Waals surface area (Å²) in [6, 6.07) is 12.0. The predicted molar refractivity (Wildman–Crippen MR) is 84.2 cm³/mol. The van der Waals surface area contributed by atoms with Gasteiger partial charge in [-0.25, -0.2) is 0 Å². The molecule has 0 aliphatic carbocycles. The van der Waals surface area contributed by atoms with E-state index >= 15 is 0 Å². The summed E-state index contributed by atoms with van der Waals surface area (Å²) in [5.74, 6) is 0.0357. The number of Topliss-reactive ketones (excluding diaryl/α,β-unsaturated/α-hetero) is 1. The first-order valence-electron chi connectivity index (χ1n) is 5.52. The van der Waals surface area contributed by atoms with Gasteiger partial charge in [-0.15, -0.1) is 0 Å². The van der Waals surface area contributed by atoms with Crippen molar-refractivity contribution in [1.29, 1.82) is 0 Å². The molecule has 0 heterocycles. The van der Waals surface area contributed by atoms with E-state index in [1.807, 2.05) is 38.4 Å². The van der Waals surface area contributed by atoms with E-state index in [4.69, 9.17) is 0 Å². The molecule has 0 spiro atoms. The highest BCUT2D eigenvalue weighted by molar-refractivity contribution is 9.25. The maximum Gasteiger partial charge on any atom is 0.187 e. The first-order chi connectivity index (χ1) is 8.49. The number of hydrogen-bond acceptors (Lipinski definition) is 2. The van der Waals surface area contributed by atoms with Crippen LogP contribution in [0.2, 0.25) is 0 Å². The van der Waals surface area contributed by atoms with E-state index < -0.39 is 0 Å². The van der Waals surface area contributed by atoms with Gasteiger partial charge in [-0.05, 0) is 29.0 Å². The van der Waals surface area contributed by atoms with Crippen molar-refractivity contribution >= 4 is 54.1 Å². The zero-order valence-electron chi connectivity index (χ0n) is 10.2. The maximum atomic E-state index is 11.9. The van der Waals surface area contributed by atoms with E-state index in [-0.39, 0.29) is 9.52 Å². The maximum absolute atomic E-state index is 11.9. The van der Waals surface area contributed by atoms with Crippen LogP contribution in [0.5, 0.6) is 0 Å². The van der Waals surface area contributed by atoms with Crippen molar-refractivity contribution in [2.75, 3.05) is 19.0 Å². The molecule has 0 atom stereocenters. The van der Waals surface area contributed by atoms with Gasteiger partial charge in [0.2, 0.25) is 0 Å². The number of carbonyl (C=O) groups excluding carboxylic acids is 1. The van der Waals surface area contributed by atoms with Gasteiger partial charge in [0, 0.05) is 25.3 Å². The Kier molecular flexibility index (Phi) is 4.07. The van der Waals surface area contributed by atoms with Gasteiger partial charge in [0.05, 0.1) is 0 Å². The summed E-state index contributed by atoms with van der Waals surface area (Å²) in [7, 11) is 4.03. The molecule has 0 aromatic heterocycles. The summed E-state index contributed by atoms with van der Waals surface area (Å²) in [5, 5.41) is 2.21. The number of ketones is 1. The molecule has 0 amide bonds. The molecule has 0 aliphatic heterocycles. The molecule has 0 N–H and O–H groups in total. The van der Waals surface area contributed by atoms with Gasteiger partial charge in [0.25, 0.3) is 0 Å². The van der Waals surface area contributed by atoms with Crippen LogP contribution in [0.15, 0.2) is 36.4 Å². The molecule has 0 radical (unpaired) electrons. The van der Waals surface area contributed by atoms with Crippen LogP contribution in [0.25, 0.3) is 10.8 Å². The Balaban J connectivity index is 2.47. The Bertz CT molecular complexity index is 593. The van der Waals surface area contributed by atoms with E-state index in [2.05, 4.69) is 48.9 Å². The van der Waals surface area contributed by atoms with E-state index in [1.165, 1.54) is 0 Å². The van der Waals surface area contributed by atoms with Crippen molar-refractivity contribution in [2.24, 2.45) is 0 Å². The molecule has 18 heavy (non-hydrogen) atoms. The third-order valence-electron chi connectivity index (χ3n) is 2.82. The highest BCUT2D eigenvalue weighted by Gasteiger charge is 2.13. The van der Waals surface area contributed by atoms with Crippen LogP contribution in [-0.4, -0.2) is 23.6 Å². The first-order valence-corrected chi connectivity index (χ1v) is 7.35. The number of benzene rings is 2. The highest BCUT2D eigenvalue weighted by atomic mass is 79.9. The van der Waals surface area contributed by atoms with Gasteiger partial charge in [-0.2, -0.15) is 0 Å². The van der Waals surface area contributed by atoms with E-state index in [0.29, 0.717) is 5.56 Å². The lowest BCUT2D eigenvalue weighted by Gasteiger charge is -2.13. The molecule has 0 saturated carbocycles. The Labute approximate surface area is 123 Å². The molecule has 2 nitrogen and oxygen atoms in total. The molecule has 2 rings (SSSR count). The zero-order valence-corrected chi connectivity index (χ0v) is 13.3. The zero-order chi connectivity index (χ0) is 13.3. The fourth-order valence-electron chi connectivity index (χ4n) is 1.79. The van der Waals surface area contributed by atoms with Crippen molar-refractivity contribution < 1.29 is 4.79 Å². The Hall–Kier alpha value is -0.870. The van der Waals surface area contributed by atoms with Crippen molar-refractivity contribution in [3.63, 3.8) is 0 Å². The van der Waals surface area contributed by atoms with Crippen LogP contribution in [0, 0.1) is 0 Å². The molecule has 94 valence electrons. The van der Waals surface area contributed by atoms with Gasteiger partial charge in [-0.3, -0.25) is 4.79 Å². The summed E-state index contributed by atoms with van der Waals surface area (Å²) in [6.45, 7) is 0. The normalized spacial score (nSPS) is 10.9. The third-order valence-corrected chi connectivity index (χ3v) is 3.65. The standard InChI is InChI=1S/C14H13Br2NO/c1-17(2)12-6-5-9-7-11(13(18)14(15)16)4-3-10(9)8-12/h3-8,14H,1-2H3. The Morgan fingerprint density at radius 1 is 1.06 bits per heavy atom. The topological polar surface area (TPSA) is 20.3 Å². The van der Waals surface area contributed by atoms with Gasteiger partial charge in [0.1, 0.15) is 3.74 Å². The van der Waals surface area contributed by atoms with Crippen molar-refractivity contribution in [1.82, 2.24) is 0 Å². The summed E-state index contributed by atoms with van der Waals surface area (Å²) in [4.78, 5) is 13.9. The van der Waals surface area contributed by atoms with E-state index in [0.717, 1.165) is 16.5 Å². The van der Waals surface area contributed by atoms with Crippen molar-refractivity contribution in [2.45, 2.75) is 3.74 Å². The Morgan fingerprint density at radius 3 is 2.28 bits per heavy atom. The summed E-state index contributed by atoms with van der Waals surface area (Å²) >= 11 is 6.46. The number of rotatable bonds is 3. The third kappa shape index (κ3) is 2.75. The predicted octanol–water partition coefficient (Wildman–Crippen LogP) is 4.20. The number of carbonyl (C=O) groups is 1. The quantitative estimate of drug-likeness (QED) is 0.596. The molecule has 0 aliphatic rings. The smallest absolute Gasteiger partial charge is 0.187 e. The van der Waals surface area contributed by atoms with Gasteiger partial charge in [-0.1, -0.05) is 50.1 Å². The number of nitrogens with zero attached hydrogens (tertiary/aromatic N) is 1. The number of alkyl halides is 2. The second-order valence-electron chi connectivity index (χ2n) is 4.31. The Morgan fingerprint density at radius 2 is 1.67 bits per heavy atom. The molecule has 0 bridgehead atoms. The molecule has 0 unspecified atom stereocenters. The average molecular weight is 371 g/mol. The fraction of sp³-hybridized carbons (Fsp3) is 0.214. The summed E-state index contributed by atoms with van der Waals surface area (Å²) < 4.78 is -0.330. The van der Waals surface area contributed by atoms with Crippen LogP contribution in [0.4, 0.5) is 5.69 Å². The monoisotopic (exact) mass is 369 g/mol. The van der Waals surface area contributed by atoms with E-state index in [9.17, 15) is 4.79 Å². The van der Waals surface area contributed by atoms with Crippen LogP contribution >= 0.6 is 31.9 Å². The molecular formula is C14H13Br2NO. The van der Waals surface area contributed by atoms with Gasteiger partial charge in [0.15, 0.2) is 5.78 Å². The molecular weight excluding hydrogens is 358 g/mol. The van der Waals surface area contributed by atoms with Crippen LogP contribution in [-0.2, 0) is 0 Å². The minimum absolute atomic E-state index is 0.0357. The summed E-state index contributed by atoms with van der Waals surface area (Å²) in [6.07, 6.45) is 0. The average Bonchev–Trinajstić information content (AvgIpc) is 2.36. The lowest BCUT2D eigenvalue weighted by molar-refractivity contribution is 0.101. The SMILES string of the molecule is CN(C)c1ccc2cc(C(=O)C(Br)Br)ccc2c1. The highest BCUT2D eigenvalue weighted by Crippen LogP contribution is 2.24. The fourth-order valence-corrected chi connectivity index (χ4v) is 2.32. The lowest BCUT2D eigenvalue weighted by atomic mass is 10.0. The van der Waals surface area contributed by atoms with Crippen molar-refractivity contribution in [3.8, 4) is 0 Å². The van der Waals surface area contributed by atoms with Crippen LogP contribution in [0.3, 0.4) is 0 Å². The minimum atomic E-state index is -0.330. The largest absolute Gasteiger partial charge is 0.378 e. The second kappa shape index (κ2) is 5.41. The van der Waals surface area contributed by atoms with Crippen LogP contribution in [0.1, 0.15) is 10.4 Å². The summed E-state index contributed by atoms with van der Waals surface area (Å²) in [5.41, 5.74) is 1.86. The molecule has 0 saturated heterocycles. The molecule has 4 heteroatoms. The van der Waals surface area contributed by atoms with Crippen LogP contribution < -0.4 is 4.90 Å². The first kappa shape index (κ1) is 13.6. The van der Waals surface area contributed by atoms with Crippen molar-refractivity contribution in [3.05, 3.63) is 42.0 Å². The minimum Gasteiger partial charge on any atom is -0.378 e. The number of hydrogen-bond donors (Lipinski definition) is 0. The number of anilines is 1. The van der Waals surface area contributed by atoms with Gasteiger partial charge >= 0.3 is 0 Å². The molecule has 0 fully saturated rings. The second-order valence-corrected chi connectivity index (χ2v) is 7.37. The molecule has 2 aromatic carbocycles. The lowest BCUT2D eigenvalue weighted by Crippen LogP contribution is -2.08.